The first-order valence-electron chi connectivity index (χ1n) is 5.27. The first kappa shape index (κ1) is 12.1. The van der Waals surface area contributed by atoms with E-state index in [1.807, 2.05) is 19.2 Å². The summed E-state index contributed by atoms with van der Waals surface area (Å²) in [4.78, 5) is 2.14. The smallest absolute Gasteiger partial charge is 0.167 e. The van der Waals surface area contributed by atoms with Crippen LogP contribution in [0.5, 0.6) is 0 Å². The van der Waals surface area contributed by atoms with Crippen molar-refractivity contribution in [1.29, 1.82) is 0 Å². The number of nitrogens with two attached hydrogens (primary N) is 1. The molecule has 0 amide bonds. The van der Waals surface area contributed by atoms with Gasteiger partial charge in [0.15, 0.2) is 11.6 Å². The van der Waals surface area contributed by atoms with Crippen molar-refractivity contribution < 1.29 is 4.52 Å². The van der Waals surface area contributed by atoms with Crippen molar-refractivity contribution in [2.45, 2.75) is 13.1 Å². The number of aromatic nitrogens is 1. The van der Waals surface area contributed by atoms with Crippen LogP contribution in [0, 0.1) is 0 Å². The molecule has 2 N–H and O–H groups in total. The summed E-state index contributed by atoms with van der Waals surface area (Å²) in [5, 5.41) is 3.66. The fourth-order valence-corrected chi connectivity index (χ4v) is 2.12. The number of halogens is 1. The molecule has 0 spiro atoms. The van der Waals surface area contributed by atoms with Crippen LogP contribution in [0.2, 0.25) is 0 Å². The standard InChI is InChI=1S/C12H14BrN3O/c1-16(8-11-6-12(14)15-17-11)7-9-3-2-4-10(13)5-9/h2-6H,7-8H2,1H3,(H2,14,15). The summed E-state index contributed by atoms with van der Waals surface area (Å²) in [6.07, 6.45) is 0. The second kappa shape index (κ2) is 5.33. The van der Waals surface area contributed by atoms with Crippen LogP contribution in [0.1, 0.15) is 11.3 Å². The molecule has 1 aromatic heterocycles. The highest BCUT2D eigenvalue weighted by Gasteiger charge is 2.06. The lowest BCUT2D eigenvalue weighted by Gasteiger charge is -2.14. The van der Waals surface area contributed by atoms with Crippen molar-refractivity contribution in [3.05, 3.63) is 46.1 Å². The highest BCUT2D eigenvalue weighted by molar-refractivity contribution is 9.10. The maximum absolute atomic E-state index is 5.50. The summed E-state index contributed by atoms with van der Waals surface area (Å²) >= 11 is 3.46. The van der Waals surface area contributed by atoms with E-state index < -0.39 is 0 Å². The van der Waals surface area contributed by atoms with Crippen LogP contribution in [0.25, 0.3) is 0 Å². The van der Waals surface area contributed by atoms with E-state index in [2.05, 4.69) is 38.1 Å². The lowest BCUT2D eigenvalue weighted by atomic mass is 10.2. The number of rotatable bonds is 4. The Labute approximate surface area is 109 Å². The van der Waals surface area contributed by atoms with Gasteiger partial charge in [0.25, 0.3) is 0 Å². The maximum Gasteiger partial charge on any atom is 0.167 e. The van der Waals surface area contributed by atoms with Gasteiger partial charge in [0.2, 0.25) is 0 Å². The predicted molar refractivity (Wildman–Crippen MR) is 70.2 cm³/mol. The molecule has 0 bridgehead atoms. The van der Waals surface area contributed by atoms with Crippen LogP contribution < -0.4 is 5.73 Å². The minimum absolute atomic E-state index is 0.427. The van der Waals surface area contributed by atoms with Gasteiger partial charge in [-0.25, -0.2) is 0 Å². The van der Waals surface area contributed by atoms with E-state index in [1.54, 1.807) is 6.07 Å². The highest BCUT2D eigenvalue weighted by atomic mass is 79.9. The normalized spacial score (nSPS) is 11.0. The molecule has 1 heterocycles. The fourth-order valence-electron chi connectivity index (χ4n) is 1.67. The van der Waals surface area contributed by atoms with Crippen LogP contribution in [0.4, 0.5) is 5.82 Å². The Kier molecular flexibility index (Phi) is 3.81. The van der Waals surface area contributed by atoms with Gasteiger partial charge in [-0.05, 0) is 24.7 Å². The first-order valence-corrected chi connectivity index (χ1v) is 6.07. The maximum atomic E-state index is 5.50. The molecular formula is C12H14BrN3O. The van der Waals surface area contributed by atoms with Crippen LogP contribution in [-0.4, -0.2) is 17.1 Å². The van der Waals surface area contributed by atoms with Gasteiger partial charge in [0.05, 0.1) is 6.54 Å². The average molecular weight is 296 g/mol. The van der Waals surface area contributed by atoms with E-state index in [0.29, 0.717) is 12.4 Å². The van der Waals surface area contributed by atoms with Gasteiger partial charge in [-0.2, -0.15) is 0 Å². The molecule has 0 fully saturated rings. The van der Waals surface area contributed by atoms with Crippen molar-refractivity contribution in [2.75, 3.05) is 12.8 Å². The minimum atomic E-state index is 0.427. The molecule has 2 rings (SSSR count). The number of benzene rings is 1. The van der Waals surface area contributed by atoms with Crippen molar-refractivity contribution in [1.82, 2.24) is 10.1 Å². The van der Waals surface area contributed by atoms with Gasteiger partial charge in [-0.1, -0.05) is 33.2 Å². The summed E-state index contributed by atoms with van der Waals surface area (Å²) in [5.41, 5.74) is 6.74. The third kappa shape index (κ3) is 3.57. The summed E-state index contributed by atoms with van der Waals surface area (Å²) in [5.74, 6) is 1.20. The van der Waals surface area contributed by atoms with Gasteiger partial charge < -0.3 is 10.3 Å². The molecule has 2 aromatic rings. The summed E-state index contributed by atoms with van der Waals surface area (Å²) in [7, 11) is 2.03. The zero-order valence-electron chi connectivity index (χ0n) is 9.56. The Morgan fingerprint density at radius 3 is 2.82 bits per heavy atom. The van der Waals surface area contributed by atoms with E-state index in [0.717, 1.165) is 16.8 Å². The SMILES string of the molecule is CN(Cc1cccc(Br)c1)Cc1cc(N)no1. The zero-order valence-corrected chi connectivity index (χ0v) is 11.1. The number of nitrogens with zero attached hydrogens (tertiary/aromatic N) is 2. The molecule has 0 unspecified atom stereocenters. The van der Waals surface area contributed by atoms with E-state index in [1.165, 1.54) is 5.56 Å². The molecule has 0 saturated heterocycles. The van der Waals surface area contributed by atoms with E-state index in [4.69, 9.17) is 10.3 Å². The van der Waals surface area contributed by atoms with E-state index in [9.17, 15) is 0 Å². The number of anilines is 1. The monoisotopic (exact) mass is 295 g/mol. The summed E-state index contributed by atoms with van der Waals surface area (Å²) in [6, 6.07) is 9.99. The third-order valence-corrected chi connectivity index (χ3v) is 2.84. The van der Waals surface area contributed by atoms with Crippen molar-refractivity contribution in [2.24, 2.45) is 0 Å². The molecule has 17 heavy (non-hydrogen) atoms. The molecule has 5 heteroatoms. The molecular weight excluding hydrogens is 282 g/mol. The van der Waals surface area contributed by atoms with Crippen LogP contribution in [-0.2, 0) is 13.1 Å². The summed E-state index contributed by atoms with van der Waals surface area (Å²) < 4.78 is 6.16. The topological polar surface area (TPSA) is 55.3 Å². The lowest BCUT2D eigenvalue weighted by molar-refractivity contribution is 0.267. The molecule has 0 saturated carbocycles. The second-order valence-electron chi connectivity index (χ2n) is 4.02. The number of hydrogen-bond acceptors (Lipinski definition) is 4. The lowest BCUT2D eigenvalue weighted by Crippen LogP contribution is -2.16. The van der Waals surface area contributed by atoms with Crippen molar-refractivity contribution in [3.63, 3.8) is 0 Å². The Hall–Kier alpha value is -1.33. The Morgan fingerprint density at radius 1 is 1.35 bits per heavy atom. The van der Waals surface area contributed by atoms with Gasteiger partial charge in [0.1, 0.15) is 0 Å². The predicted octanol–water partition coefficient (Wildman–Crippen LogP) is 2.65. The molecule has 1 aromatic carbocycles. The Bertz CT molecular complexity index is 498. The fraction of sp³-hybridized carbons (Fsp3) is 0.250. The van der Waals surface area contributed by atoms with Gasteiger partial charge in [-0.15, -0.1) is 0 Å². The second-order valence-corrected chi connectivity index (χ2v) is 4.94. The molecule has 90 valence electrons. The van der Waals surface area contributed by atoms with Crippen LogP contribution in [0.3, 0.4) is 0 Å². The molecule has 4 nitrogen and oxygen atoms in total. The zero-order chi connectivity index (χ0) is 12.3. The van der Waals surface area contributed by atoms with Gasteiger partial charge >= 0.3 is 0 Å². The Morgan fingerprint density at radius 2 is 2.18 bits per heavy atom. The van der Waals surface area contributed by atoms with E-state index >= 15 is 0 Å². The van der Waals surface area contributed by atoms with Crippen LogP contribution in [0.15, 0.2) is 39.3 Å². The molecule has 0 aliphatic carbocycles. The van der Waals surface area contributed by atoms with Gasteiger partial charge in [-0.3, -0.25) is 4.90 Å². The summed E-state index contributed by atoms with van der Waals surface area (Å²) in [6.45, 7) is 1.54. The van der Waals surface area contributed by atoms with Crippen LogP contribution >= 0.6 is 15.9 Å². The van der Waals surface area contributed by atoms with Crippen molar-refractivity contribution >= 4 is 21.7 Å². The quantitative estimate of drug-likeness (QED) is 0.942. The molecule has 0 radical (unpaired) electrons. The Balaban J connectivity index is 1.95. The van der Waals surface area contributed by atoms with Gasteiger partial charge in [0, 0.05) is 17.1 Å². The third-order valence-electron chi connectivity index (χ3n) is 2.34. The molecule has 0 atom stereocenters. The highest BCUT2D eigenvalue weighted by Crippen LogP contribution is 2.14. The number of hydrogen-bond donors (Lipinski definition) is 1. The largest absolute Gasteiger partial charge is 0.381 e. The number of nitrogen functional groups attached to an aromatic ring is 1. The molecule has 0 aliphatic heterocycles. The molecule has 0 aliphatic rings. The first-order chi connectivity index (χ1) is 8.13. The van der Waals surface area contributed by atoms with E-state index in [-0.39, 0.29) is 0 Å². The minimum Gasteiger partial charge on any atom is -0.381 e. The average Bonchev–Trinajstić information content (AvgIpc) is 2.63. The van der Waals surface area contributed by atoms with Crippen molar-refractivity contribution in [3.8, 4) is 0 Å².